The molecule has 3 fully saturated rings. The van der Waals surface area contributed by atoms with Crippen molar-refractivity contribution in [2.45, 2.75) is 64.0 Å². The average Bonchev–Trinajstić information content (AvgIpc) is 3.19. The van der Waals surface area contributed by atoms with Crippen molar-refractivity contribution in [2.75, 3.05) is 18.4 Å². The Kier molecular flexibility index (Phi) is 4.49. The van der Waals surface area contributed by atoms with Gasteiger partial charge in [-0.1, -0.05) is 11.6 Å². The summed E-state index contributed by atoms with van der Waals surface area (Å²) in [5.41, 5.74) is 0.684. The van der Waals surface area contributed by atoms with E-state index < -0.39 is 5.60 Å². The molecule has 0 aromatic carbocycles. The molecular weight excluding hydrogens is 352 g/mol. The summed E-state index contributed by atoms with van der Waals surface area (Å²) in [7, 11) is 0. The number of rotatable bonds is 3. The van der Waals surface area contributed by atoms with Crippen LogP contribution in [0.25, 0.3) is 0 Å². The number of aromatic nitrogens is 2. The van der Waals surface area contributed by atoms with Gasteiger partial charge >= 0.3 is 6.09 Å². The fourth-order valence-electron chi connectivity index (χ4n) is 4.24. The molecule has 26 heavy (non-hydrogen) atoms. The maximum Gasteiger partial charge on any atom is 0.410 e. The van der Waals surface area contributed by atoms with Crippen LogP contribution in [0.1, 0.15) is 57.9 Å². The number of anilines is 1. The molecule has 2 saturated carbocycles. The molecule has 0 radical (unpaired) electrons. The van der Waals surface area contributed by atoms with Gasteiger partial charge in [0, 0.05) is 19.1 Å². The van der Waals surface area contributed by atoms with E-state index in [-0.39, 0.29) is 6.09 Å². The Morgan fingerprint density at radius 1 is 1.23 bits per heavy atom. The molecule has 1 saturated heterocycles. The van der Waals surface area contributed by atoms with Gasteiger partial charge in [0.1, 0.15) is 11.4 Å². The Labute approximate surface area is 159 Å². The molecule has 1 amide bonds. The van der Waals surface area contributed by atoms with Crippen molar-refractivity contribution in [2.24, 2.45) is 11.8 Å². The van der Waals surface area contributed by atoms with Crippen molar-refractivity contribution in [3.05, 3.63) is 16.8 Å². The lowest BCUT2D eigenvalue weighted by atomic mass is 10.0. The summed E-state index contributed by atoms with van der Waals surface area (Å²) in [6.45, 7) is 7.30. The van der Waals surface area contributed by atoms with E-state index in [1.165, 1.54) is 12.8 Å². The minimum Gasteiger partial charge on any atom is -0.444 e. The molecule has 2 aliphatic carbocycles. The van der Waals surface area contributed by atoms with Gasteiger partial charge in [-0.05, 0) is 75.8 Å². The summed E-state index contributed by atoms with van der Waals surface area (Å²) >= 11 is 6.17. The Balaban J connectivity index is 1.32. The van der Waals surface area contributed by atoms with Gasteiger partial charge in [0.05, 0.1) is 0 Å². The highest BCUT2D eigenvalue weighted by molar-refractivity contribution is 6.30. The van der Waals surface area contributed by atoms with Crippen LogP contribution < -0.4 is 5.32 Å². The first-order chi connectivity index (χ1) is 12.3. The third-order valence-electron chi connectivity index (χ3n) is 5.55. The number of amides is 1. The second-order valence-corrected chi connectivity index (χ2v) is 9.33. The summed E-state index contributed by atoms with van der Waals surface area (Å²) < 4.78 is 5.50. The van der Waals surface area contributed by atoms with Crippen LogP contribution in [0.3, 0.4) is 0 Å². The van der Waals surface area contributed by atoms with E-state index in [4.69, 9.17) is 16.3 Å². The van der Waals surface area contributed by atoms with Crippen molar-refractivity contribution in [3.8, 4) is 0 Å². The van der Waals surface area contributed by atoms with Gasteiger partial charge in [-0.2, -0.15) is 0 Å². The molecule has 3 atom stereocenters. The highest BCUT2D eigenvalue weighted by Gasteiger charge is 2.43. The van der Waals surface area contributed by atoms with Crippen LogP contribution in [0.15, 0.2) is 6.07 Å². The maximum atomic E-state index is 12.3. The molecule has 7 heteroatoms. The highest BCUT2D eigenvalue weighted by Crippen LogP contribution is 2.44. The van der Waals surface area contributed by atoms with Gasteiger partial charge in [0.2, 0.25) is 0 Å². The fourth-order valence-corrected chi connectivity index (χ4v) is 4.49. The molecule has 2 unspecified atom stereocenters. The smallest absolute Gasteiger partial charge is 0.410 e. The number of likely N-dealkylation sites (tertiary alicyclic amines) is 1. The predicted molar refractivity (Wildman–Crippen MR) is 100 cm³/mol. The molecule has 1 aromatic heterocycles. The maximum absolute atomic E-state index is 12.3. The number of halogens is 1. The molecule has 3 aliphatic rings. The summed E-state index contributed by atoms with van der Waals surface area (Å²) in [5.74, 6) is 2.44. The van der Waals surface area contributed by atoms with E-state index in [0.29, 0.717) is 28.9 Å². The minimum atomic E-state index is -0.439. The Morgan fingerprint density at radius 3 is 2.46 bits per heavy atom. The quantitative estimate of drug-likeness (QED) is 0.858. The molecule has 1 aromatic rings. The van der Waals surface area contributed by atoms with Crippen LogP contribution >= 0.6 is 11.6 Å². The number of carbonyl (C=O) groups is 1. The van der Waals surface area contributed by atoms with Crippen LogP contribution in [-0.4, -0.2) is 45.9 Å². The number of nitrogens with zero attached hydrogens (tertiary/aromatic N) is 3. The third kappa shape index (κ3) is 3.90. The van der Waals surface area contributed by atoms with Crippen LogP contribution in [0.4, 0.5) is 10.6 Å². The van der Waals surface area contributed by atoms with Gasteiger partial charge in [0.15, 0.2) is 5.15 Å². The number of hydrogen-bond donors (Lipinski definition) is 1. The molecule has 4 rings (SSSR count). The van der Waals surface area contributed by atoms with E-state index in [2.05, 4.69) is 21.6 Å². The fraction of sp³-hybridized carbons (Fsp3) is 0.737. The zero-order valence-corrected chi connectivity index (χ0v) is 16.4. The zero-order valence-electron chi connectivity index (χ0n) is 15.7. The van der Waals surface area contributed by atoms with Crippen molar-refractivity contribution in [1.82, 2.24) is 15.1 Å². The van der Waals surface area contributed by atoms with Crippen molar-refractivity contribution >= 4 is 23.5 Å². The van der Waals surface area contributed by atoms with Gasteiger partial charge in [-0.25, -0.2) is 4.79 Å². The van der Waals surface area contributed by atoms with Gasteiger partial charge in [-0.3, -0.25) is 0 Å². The van der Waals surface area contributed by atoms with Gasteiger partial charge < -0.3 is 15.0 Å². The first kappa shape index (κ1) is 17.8. The van der Waals surface area contributed by atoms with Crippen LogP contribution in [0.5, 0.6) is 0 Å². The van der Waals surface area contributed by atoms with E-state index in [1.807, 2.05) is 25.7 Å². The summed E-state index contributed by atoms with van der Waals surface area (Å²) in [4.78, 5) is 14.1. The van der Waals surface area contributed by atoms with Crippen molar-refractivity contribution < 1.29 is 9.53 Å². The van der Waals surface area contributed by atoms with Crippen molar-refractivity contribution in [3.63, 3.8) is 0 Å². The molecule has 6 nitrogen and oxygen atoms in total. The summed E-state index contributed by atoms with van der Waals surface area (Å²) in [6.07, 6.45) is 4.30. The first-order valence-corrected chi connectivity index (χ1v) is 9.94. The van der Waals surface area contributed by atoms with Crippen LogP contribution in [0.2, 0.25) is 5.15 Å². The number of ether oxygens (including phenoxy) is 1. The minimum absolute atomic E-state index is 0.186. The van der Waals surface area contributed by atoms with Crippen molar-refractivity contribution in [1.29, 1.82) is 0 Å². The number of nitrogens with one attached hydrogen (secondary N) is 1. The average molecular weight is 379 g/mol. The number of fused-ring (bicyclic) bond motifs is 1. The van der Waals surface area contributed by atoms with E-state index >= 15 is 0 Å². The van der Waals surface area contributed by atoms with Gasteiger partial charge in [-0.15, -0.1) is 10.2 Å². The SMILES string of the molecule is CC(C)(C)OC(=O)N1CC2CC(Nc3cc(C4CC4)c(Cl)nn3)C[C@@H]2C1. The lowest BCUT2D eigenvalue weighted by Gasteiger charge is -2.25. The second kappa shape index (κ2) is 6.55. The molecular formula is C19H27ClN4O2. The summed E-state index contributed by atoms with van der Waals surface area (Å²) in [5, 5.41) is 12.4. The normalized spacial score (nSPS) is 28.2. The zero-order chi connectivity index (χ0) is 18.5. The molecule has 0 spiro atoms. The molecule has 1 aliphatic heterocycles. The van der Waals surface area contributed by atoms with Gasteiger partial charge in [0.25, 0.3) is 0 Å². The summed E-state index contributed by atoms with van der Waals surface area (Å²) in [6, 6.07) is 2.45. The second-order valence-electron chi connectivity index (χ2n) is 8.97. The van der Waals surface area contributed by atoms with Crippen LogP contribution in [-0.2, 0) is 4.74 Å². The third-order valence-corrected chi connectivity index (χ3v) is 5.84. The largest absolute Gasteiger partial charge is 0.444 e. The Hall–Kier alpha value is -1.56. The number of hydrogen-bond acceptors (Lipinski definition) is 5. The topological polar surface area (TPSA) is 67.3 Å². The monoisotopic (exact) mass is 378 g/mol. The van der Waals surface area contributed by atoms with E-state index in [1.54, 1.807) is 0 Å². The standard InChI is InChI=1S/C19H27ClN4O2/c1-19(2,3)26-18(25)24-9-12-6-14(7-13(12)10-24)21-16-8-15(11-4-5-11)17(20)23-22-16/h8,11-14H,4-7,9-10H2,1-3H3,(H,21,22)/t12-,13?,14?/m1/s1. The molecule has 2 heterocycles. The lowest BCUT2D eigenvalue weighted by molar-refractivity contribution is 0.0280. The molecule has 0 bridgehead atoms. The molecule has 142 valence electrons. The van der Waals surface area contributed by atoms with E-state index in [0.717, 1.165) is 37.3 Å². The molecule has 1 N–H and O–H groups in total. The van der Waals surface area contributed by atoms with Crippen LogP contribution in [0, 0.1) is 11.8 Å². The number of carbonyl (C=O) groups excluding carboxylic acids is 1. The Morgan fingerprint density at radius 2 is 1.88 bits per heavy atom. The lowest BCUT2D eigenvalue weighted by Crippen LogP contribution is -2.36. The predicted octanol–water partition coefficient (Wildman–Crippen LogP) is 4.06. The van der Waals surface area contributed by atoms with E-state index in [9.17, 15) is 4.79 Å². The highest BCUT2D eigenvalue weighted by atomic mass is 35.5. The Bertz CT molecular complexity index is 687. The first-order valence-electron chi connectivity index (χ1n) is 9.56.